The molecule has 0 bridgehead atoms. The SMILES string of the molecule is C=C1CNC(=O)N1CC(F)(F)F. The summed E-state index contributed by atoms with van der Waals surface area (Å²) in [6, 6.07) is -0.739. The number of hydrogen-bond donors (Lipinski definition) is 1. The lowest BCUT2D eigenvalue weighted by Gasteiger charge is -2.16. The molecule has 0 unspecified atom stereocenters. The predicted molar refractivity (Wildman–Crippen MR) is 35.3 cm³/mol. The Morgan fingerprint density at radius 1 is 1.58 bits per heavy atom. The Morgan fingerprint density at radius 2 is 2.17 bits per heavy atom. The molecule has 0 radical (unpaired) electrons. The van der Waals surface area contributed by atoms with E-state index in [1.54, 1.807) is 0 Å². The van der Waals surface area contributed by atoms with Gasteiger partial charge in [0.25, 0.3) is 0 Å². The van der Waals surface area contributed by atoms with Crippen molar-refractivity contribution in [2.75, 3.05) is 13.1 Å². The predicted octanol–water partition coefficient (Wildman–Crippen LogP) is 1.09. The van der Waals surface area contributed by atoms with Gasteiger partial charge in [-0.25, -0.2) is 4.79 Å². The van der Waals surface area contributed by atoms with Crippen molar-refractivity contribution in [3.63, 3.8) is 0 Å². The van der Waals surface area contributed by atoms with Crippen LogP contribution in [0.4, 0.5) is 18.0 Å². The summed E-state index contributed by atoms with van der Waals surface area (Å²) in [5.41, 5.74) is 0.150. The van der Waals surface area contributed by atoms with Crippen LogP contribution in [0, 0.1) is 0 Å². The Morgan fingerprint density at radius 3 is 2.50 bits per heavy atom. The van der Waals surface area contributed by atoms with Gasteiger partial charge in [-0.2, -0.15) is 13.2 Å². The van der Waals surface area contributed by atoms with E-state index in [1.165, 1.54) is 0 Å². The molecular weight excluding hydrogens is 173 g/mol. The first-order chi connectivity index (χ1) is 5.40. The van der Waals surface area contributed by atoms with Gasteiger partial charge in [0.1, 0.15) is 6.54 Å². The number of nitrogens with zero attached hydrogens (tertiary/aromatic N) is 1. The molecule has 2 amide bonds. The van der Waals surface area contributed by atoms with Crippen LogP contribution in [0.2, 0.25) is 0 Å². The molecule has 1 saturated heterocycles. The molecule has 0 aromatic carbocycles. The van der Waals surface area contributed by atoms with Crippen LogP contribution >= 0.6 is 0 Å². The Hall–Kier alpha value is -1.20. The Labute approximate surface area is 66.8 Å². The number of nitrogens with one attached hydrogen (secondary N) is 1. The Balaban J connectivity index is 2.62. The fourth-order valence-corrected chi connectivity index (χ4v) is 0.875. The number of urea groups is 1. The van der Waals surface area contributed by atoms with Gasteiger partial charge in [-0.15, -0.1) is 0 Å². The monoisotopic (exact) mass is 180 g/mol. The molecule has 1 heterocycles. The number of halogens is 3. The molecule has 1 aliphatic heterocycles. The molecule has 0 aromatic heterocycles. The van der Waals surface area contributed by atoms with E-state index in [0.29, 0.717) is 4.90 Å². The van der Waals surface area contributed by atoms with E-state index in [1.807, 2.05) is 0 Å². The second kappa shape index (κ2) is 2.69. The lowest BCUT2D eigenvalue weighted by molar-refractivity contribution is -0.135. The number of rotatable bonds is 1. The fraction of sp³-hybridized carbons (Fsp3) is 0.500. The van der Waals surface area contributed by atoms with Gasteiger partial charge in [0.2, 0.25) is 0 Å². The van der Waals surface area contributed by atoms with Crippen LogP contribution in [-0.2, 0) is 0 Å². The summed E-state index contributed by atoms with van der Waals surface area (Å²) in [5.74, 6) is 0. The van der Waals surface area contributed by atoms with Crippen molar-refractivity contribution in [2.45, 2.75) is 6.18 Å². The summed E-state index contributed by atoms with van der Waals surface area (Å²) < 4.78 is 35.4. The van der Waals surface area contributed by atoms with Crippen molar-refractivity contribution in [3.8, 4) is 0 Å². The summed E-state index contributed by atoms with van der Waals surface area (Å²) in [5, 5.41) is 2.23. The minimum Gasteiger partial charge on any atom is -0.332 e. The van der Waals surface area contributed by atoms with Crippen molar-refractivity contribution in [3.05, 3.63) is 12.3 Å². The van der Waals surface area contributed by atoms with Gasteiger partial charge >= 0.3 is 12.2 Å². The molecule has 3 nitrogen and oxygen atoms in total. The maximum atomic E-state index is 11.8. The van der Waals surface area contributed by atoms with Gasteiger partial charge in [-0.3, -0.25) is 4.90 Å². The third-order valence-corrected chi connectivity index (χ3v) is 1.41. The maximum absolute atomic E-state index is 11.8. The largest absolute Gasteiger partial charge is 0.406 e. The lowest BCUT2D eigenvalue weighted by atomic mass is 10.4. The van der Waals surface area contributed by atoms with E-state index in [9.17, 15) is 18.0 Å². The molecule has 1 N–H and O–H groups in total. The fourth-order valence-electron chi connectivity index (χ4n) is 0.875. The van der Waals surface area contributed by atoms with Crippen molar-refractivity contribution < 1.29 is 18.0 Å². The molecule has 1 fully saturated rings. The van der Waals surface area contributed by atoms with E-state index in [-0.39, 0.29) is 12.2 Å². The highest BCUT2D eigenvalue weighted by Crippen LogP contribution is 2.20. The number of amides is 2. The Kier molecular flexibility index (Phi) is 1.99. The zero-order chi connectivity index (χ0) is 9.35. The van der Waals surface area contributed by atoms with Crippen molar-refractivity contribution in [1.82, 2.24) is 10.2 Å². The van der Waals surface area contributed by atoms with E-state index in [2.05, 4.69) is 11.9 Å². The van der Waals surface area contributed by atoms with Crippen molar-refractivity contribution in [2.24, 2.45) is 0 Å². The molecule has 0 saturated carbocycles. The number of carbonyl (C=O) groups excluding carboxylic acids is 1. The topological polar surface area (TPSA) is 32.3 Å². The van der Waals surface area contributed by atoms with Crippen LogP contribution < -0.4 is 5.32 Å². The maximum Gasteiger partial charge on any atom is 0.406 e. The highest BCUT2D eigenvalue weighted by atomic mass is 19.4. The smallest absolute Gasteiger partial charge is 0.332 e. The van der Waals surface area contributed by atoms with E-state index < -0.39 is 18.8 Å². The third-order valence-electron chi connectivity index (χ3n) is 1.41. The highest BCUT2D eigenvalue weighted by Gasteiger charge is 2.36. The van der Waals surface area contributed by atoms with Gasteiger partial charge < -0.3 is 5.32 Å². The second-order valence-corrected chi connectivity index (χ2v) is 2.43. The van der Waals surface area contributed by atoms with Crippen LogP contribution in [0.25, 0.3) is 0 Å². The summed E-state index contributed by atoms with van der Waals surface area (Å²) in [4.78, 5) is 11.3. The molecule has 0 aromatic rings. The van der Waals surface area contributed by atoms with Gasteiger partial charge in [-0.1, -0.05) is 6.58 Å². The highest BCUT2D eigenvalue weighted by molar-refractivity contribution is 5.79. The standard InChI is InChI=1S/C6H7F3N2O/c1-4-2-10-5(12)11(4)3-6(7,8)9/h1-3H2,(H,10,12). The van der Waals surface area contributed by atoms with E-state index >= 15 is 0 Å². The molecule has 0 atom stereocenters. The van der Waals surface area contributed by atoms with Crippen LogP contribution in [0.5, 0.6) is 0 Å². The summed E-state index contributed by atoms with van der Waals surface area (Å²) in [6.45, 7) is 2.14. The molecule has 0 spiro atoms. The van der Waals surface area contributed by atoms with Crippen LogP contribution in [0.1, 0.15) is 0 Å². The lowest BCUT2D eigenvalue weighted by Crippen LogP contribution is -2.35. The third kappa shape index (κ3) is 1.90. The molecular formula is C6H7F3N2O. The van der Waals surface area contributed by atoms with Crippen molar-refractivity contribution >= 4 is 6.03 Å². The molecule has 1 rings (SSSR count). The summed E-state index contributed by atoms with van der Waals surface area (Å²) in [7, 11) is 0. The normalized spacial score (nSPS) is 18.4. The average Bonchev–Trinajstić information content (AvgIpc) is 2.16. The molecule has 68 valence electrons. The minimum atomic E-state index is -4.37. The van der Waals surface area contributed by atoms with Gasteiger partial charge in [0.15, 0.2) is 0 Å². The number of alkyl halides is 3. The summed E-state index contributed by atoms with van der Waals surface area (Å²) in [6.07, 6.45) is -4.37. The minimum absolute atomic E-state index is 0.0922. The van der Waals surface area contributed by atoms with Crippen LogP contribution in [-0.4, -0.2) is 30.2 Å². The van der Waals surface area contributed by atoms with Gasteiger partial charge in [-0.05, 0) is 0 Å². The second-order valence-electron chi connectivity index (χ2n) is 2.43. The number of carbonyl (C=O) groups is 1. The summed E-state index contributed by atoms with van der Waals surface area (Å²) >= 11 is 0. The zero-order valence-corrected chi connectivity index (χ0v) is 6.11. The molecule has 0 aliphatic carbocycles. The average molecular weight is 180 g/mol. The zero-order valence-electron chi connectivity index (χ0n) is 6.11. The van der Waals surface area contributed by atoms with Crippen LogP contribution in [0.15, 0.2) is 12.3 Å². The van der Waals surface area contributed by atoms with Crippen molar-refractivity contribution in [1.29, 1.82) is 0 Å². The van der Waals surface area contributed by atoms with Gasteiger partial charge in [0, 0.05) is 5.70 Å². The first kappa shape index (κ1) is 8.89. The first-order valence-electron chi connectivity index (χ1n) is 3.20. The Bertz CT molecular complexity index is 207. The number of hydrogen-bond acceptors (Lipinski definition) is 1. The molecule has 12 heavy (non-hydrogen) atoms. The van der Waals surface area contributed by atoms with Gasteiger partial charge in [0.05, 0.1) is 6.54 Å². The van der Waals surface area contributed by atoms with E-state index in [4.69, 9.17) is 0 Å². The first-order valence-corrected chi connectivity index (χ1v) is 3.20. The van der Waals surface area contributed by atoms with E-state index in [0.717, 1.165) is 0 Å². The molecule has 1 aliphatic rings. The molecule has 6 heteroatoms. The van der Waals surface area contributed by atoms with Crippen LogP contribution in [0.3, 0.4) is 0 Å². The quantitative estimate of drug-likeness (QED) is 0.643.